The average molecular weight is 619 g/mol. The van der Waals surface area contributed by atoms with Crippen LogP contribution in [0.25, 0.3) is 6.08 Å². The van der Waals surface area contributed by atoms with Crippen molar-refractivity contribution in [2.75, 3.05) is 20.1 Å². The van der Waals surface area contributed by atoms with Gasteiger partial charge in [0.25, 0.3) is 0 Å². The van der Waals surface area contributed by atoms with Gasteiger partial charge in [-0.1, -0.05) is 48.5 Å². The van der Waals surface area contributed by atoms with Crippen LogP contribution in [-0.2, 0) is 29.2 Å². The van der Waals surface area contributed by atoms with E-state index >= 15 is 0 Å². The maximum Gasteiger partial charge on any atom is 0.416 e. The van der Waals surface area contributed by atoms with Crippen LogP contribution in [-0.4, -0.2) is 69.3 Å². The van der Waals surface area contributed by atoms with E-state index in [9.17, 15) is 28.2 Å². The Morgan fingerprint density at radius 3 is 2.64 bits per heavy atom. The molecule has 3 aromatic carbocycles. The van der Waals surface area contributed by atoms with E-state index in [2.05, 4.69) is 17.0 Å². The summed E-state index contributed by atoms with van der Waals surface area (Å²) in [7, 11) is 1.68. The van der Waals surface area contributed by atoms with Gasteiger partial charge in [-0.15, -0.1) is 0 Å². The number of likely N-dealkylation sites (N-methyl/N-ethyl adjacent to an activating group) is 1. The van der Waals surface area contributed by atoms with Crippen LogP contribution in [0.1, 0.15) is 54.0 Å². The Hall–Kier alpha value is -3.82. The standard InChI is InChI=1S/C36H37F3N2O4/c1-33-28(40(2)30(43)14-11-24-9-6-10-26(21-24)36(37,38)39)15-17-35(44)29-22-25-12-13-27(42)32(45-33)31(25)34(33,35)18-20-41(29)19-16-23-7-4-3-5-8-23/h3-14,21,28-29,42,44H,15-20,22H2,1-2H3/t28-,29-,33+,34+,35-/m1/s1. The molecule has 2 aliphatic heterocycles. The molecule has 1 spiro atoms. The first kappa shape index (κ1) is 29.9. The molecular weight excluding hydrogens is 581 g/mol. The van der Waals surface area contributed by atoms with Gasteiger partial charge in [0, 0.05) is 31.3 Å². The van der Waals surface area contributed by atoms with Crippen LogP contribution in [0.3, 0.4) is 0 Å². The SMILES string of the molecule is CN(C(=O)C=Cc1cccc(C(F)(F)F)c1)[C@@H]1CC[C@@]2(O)[C@H]3Cc4ccc(O)c5c4[C@@]2(CCN3CCc2ccccc2)[C@@]1(C)O5. The fourth-order valence-corrected chi connectivity index (χ4v) is 9.07. The molecule has 6 nitrogen and oxygen atoms in total. The molecule has 3 aromatic rings. The fraction of sp³-hybridized carbons (Fsp3) is 0.417. The zero-order valence-electron chi connectivity index (χ0n) is 25.3. The highest BCUT2D eigenvalue weighted by Crippen LogP contribution is 2.69. The number of hydrogen-bond donors (Lipinski definition) is 2. The zero-order chi connectivity index (χ0) is 31.8. The van der Waals surface area contributed by atoms with Crippen LogP contribution in [0, 0.1) is 0 Å². The number of halogens is 3. The molecule has 1 saturated heterocycles. The van der Waals surface area contributed by atoms with Crippen molar-refractivity contribution < 1.29 is 32.9 Å². The molecule has 0 radical (unpaired) electrons. The Bertz CT molecular complexity index is 1680. The molecule has 4 aliphatic rings. The van der Waals surface area contributed by atoms with Crippen molar-refractivity contribution >= 4 is 12.0 Å². The largest absolute Gasteiger partial charge is 0.504 e. The van der Waals surface area contributed by atoms with E-state index in [1.165, 1.54) is 29.8 Å². The van der Waals surface area contributed by atoms with E-state index in [4.69, 9.17) is 4.74 Å². The topological polar surface area (TPSA) is 73.2 Å². The molecule has 9 heteroatoms. The maximum absolute atomic E-state index is 13.6. The molecule has 0 aromatic heterocycles. The lowest BCUT2D eigenvalue weighted by molar-refractivity contribution is -0.229. The van der Waals surface area contributed by atoms with Crippen molar-refractivity contribution in [2.24, 2.45) is 0 Å². The second-order valence-corrected chi connectivity index (χ2v) is 13.2. The molecule has 0 unspecified atom stereocenters. The molecule has 7 rings (SSSR count). The molecule has 5 atom stereocenters. The van der Waals surface area contributed by atoms with E-state index in [0.717, 1.165) is 42.8 Å². The number of aromatic hydroxyl groups is 1. The first-order valence-electron chi connectivity index (χ1n) is 15.6. The highest BCUT2D eigenvalue weighted by atomic mass is 19.4. The van der Waals surface area contributed by atoms with Gasteiger partial charge in [0.05, 0.1) is 22.6 Å². The number of piperidine rings is 1. The Morgan fingerprint density at radius 1 is 1.11 bits per heavy atom. The summed E-state index contributed by atoms with van der Waals surface area (Å²) in [5, 5.41) is 23.9. The minimum atomic E-state index is -4.48. The number of carbonyl (C=O) groups is 1. The summed E-state index contributed by atoms with van der Waals surface area (Å²) in [6.45, 7) is 3.48. The number of ether oxygens (including phenoxy) is 1. The highest BCUT2D eigenvalue weighted by molar-refractivity contribution is 5.92. The number of aliphatic hydroxyl groups is 1. The second-order valence-electron chi connectivity index (χ2n) is 13.2. The number of hydrogen-bond acceptors (Lipinski definition) is 5. The summed E-state index contributed by atoms with van der Waals surface area (Å²) in [4.78, 5) is 17.6. The molecule has 1 saturated carbocycles. The van der Waals surface area contributed by atoms with Crippen LogP contribution in [0.15, 0.2) is 72.8 Å². The molecule has 2 bridgehead atoms. The Balaban J connectivity index is 1.22. The minimum Gasteiger partial charge on any atom is -0.504 e. The van der Waals surface area contributed by atoms with Crippen molar-refractivity contribution in [2.45, 2.75) is 73.9 Å². The number of phenolic OH excluding ortho intramolecular Hbond substituents is 1. The molecule has 2 N–H and O–H groups in total. The minimum absolute atomic E-state index is 0.0169. The van der Waals surface area contributed by atoms with Crippen molar-refractivity contribution in [3.8, 4) is 11.5 Å². The number of phenols is 1. The summed E-state index contributed by atoms with van der Waals surface area (Å²) in [6.07, 6.45) is 1.18. The van der Waals surface area contributed by atoms with Gasteiger partial charge >= 0.3 is 6.18 Å². The number of benzene rings is 3. The van der Waals surface area contributed by atoms with Crippen molar-refractivity contribution in [3.05, 3.63) is 101 Å². The fourth-order valence-electron chi connectivity index (χ4n) is 9.07. The highest BCUT2D eigenvalue weighted by Gasteiger charge is 2.78. The number of nitrogens with zero attached hydrogens (tertiary/aromatic N) is 2. The van der Waals surface area contributed by atoms with Crippen LogP contribution in [0.4, 0.5) is 13.2 Å². The van der Waals surface area contributed by atoms with Crippen LogP contribution < -0.4 is 4.74 Å². The van der Waals surface area contributed by atoms with E-state index in [0.29, 0.717) is 31.4 Å². The lowest BCUT2D eigenvalue weighted by atomic mass is 9.44. The Kier molecular flexibility index (Phi) is 6.87. The van der Waals surface area contributed by atoms with Gasteiger partial charge in [-0.25, -0.2) is 0 Å². The third-order valence-electron chi connectivity index (χ3n) is 11.1. The average Bonchev–Trinajstić information content (AvgIpc) is 3.30. The predicted octanol–water partition coefficient (Wildman–Crippen LogP) is 5.74. The Morgan fingerprint density at radius 2 is 1.89 bits per heavy atom. The van der Waals surface area contributed by atoms with Crippen LogP contribution in [0.5, 0.6) is 11.5 Å². The van der Waals surface area contributed by atoms with E-state index in [1.807, 2.05) is 31.2 Å². The number of likely N-dealkylation sites (tertiary alicyclic amines) is 1. The summed E-state index contributed by atoms with van der Waals surface area (Å²) < 4.78 is 46.5. The number of rotatable bonds is 6. The molecule has 236 valence electrons. The summed E-state index contributed by atoms with van der Waals surface area (Å²) in [6, 6.07) is 18.1. The van der Waals surface area contributed by atoms with E-state index in [-0.39, 0.29) is 23.3 Å². The van der Waals surface area contributed by atoms with Crippen LogP contribution in [0.2, 0.25) is 0 Å². The van der Waals surface area contributed by atoms with E-state index < -0.39 is 34.4 Å². The van der Waals surface area contributed by atoms with Crippen molar-refractivity contribution in [1.82, 2.24) is 9.80 Å². The van der Waals surface area contributed by atoms with Gasteiger partial charge < -0.3 is 19.8 Å². The lowest BCUT2D eigenvalue weighted by Gasteiger charge is -2.67. The van der Waals surface area contributed by atoms with Crippen molar-refractivity contribution in [3.63, 3.8) is 0 Å². The summed E-state index contributed by atoms with van der Waals surface area (Å²) in [5.41, 5.74) is -0.446. The number of amides is 1. The predicted molar refractivity (Wildman–Crippen MR) is 164 cm³/mol. The second kappa shape index (κ2) is 10.4. The molecule has 2 heterocycles. The first-order chi connectivity index (χ1) is 21.4. The van der Waals surface area contributed by atoms with E-state index in [1.54, 1.807) is 18.0 Å². The normalized spacial score (nSPS) is 30.2. The number of carbonyl (C=O) groups excluding carboxylic acids is 1. The lowest BCUT2D eigenvalue weighted by Crippen LogP contribution is -2.82. The van der Waals surface area contributed by atoms with Gasteiger partial charge in [0.1, 0.15) is 5.60 Å². The monoisotopic (exact) mass is 618 g/mol. The van der Waals surface area contributed by atoms with Gasteiger partial charge in [-0.2, -0.15) is 13.2 Å². The maximum atomic E-state index is 13.6. The van der Waals surface area contributed by atoms with Gasteiger partial charge in [0.2, 0.25) is 5.91 Å². The zero-order valence-corrected chi connectivity index (χ0v) is 25.3. The first-order valence-corrected chi connectivity index (χ1v) is 15.6. The quantitative estimate of drug-likeness (QED) is 0.345. The third-order valence-corrected chi connectivity index (χ3v) is 11.1. The molecule has 1 amide bonds. The smallest absolute Gasteiger partial charge is 0.416 e. The number of alkyl halides is 3. The van der Waals surface area contributed by atoms with Gasteiger partial charge in [-0.3, -0.25) is 9.69 Å². The third kappa shape index (κ3) is 4.34. The summed E-state index contributed by atoms with van der Waals surface area (Å²) >= 11 is 0. The molecule has 45 heavy (non-hydrogen) atoms. The van der Waals surface area contributed by atoms with Crippen LogP contribution >= 0.6 is 0 Å². The Labute approximate surface area is 260 Å². The van der Waals surface area contributed by atoms with Crippen molar-refractivity contribution in [1.29, 1.82) is 0 Å². The summed E-state index contributed by atoms with van der Waals surface area (Å²) in [5.74, 6) is 0.0252. The molecular formula is C36H37F3N2O4. The molecule has 2 aliphatic carbocycles. The molecule has 2 fully saturated rings. The van der Waals surface area contributed by atoms with Gasteiger partial charge in [0.15, 0.2) is 11.5 Å². The van der Waals surface area contributed by atoms with Gasteiger partial charge in [-0.05, 0) is 86.5 Å².